The number of hydrogen-bond acceptors (Lipinski definition) is 5. The molecule has 2 aromatic rings. The van der Waals surface area contributed by atoms with Gasteiger partial charge in [-0.05, 0) is 38.0 Å². The normalized spacial score (nSPS) is 18.2. The van der Waals surface area contributed by atoms with Crippen molar-refractivity contribution in [1.82, 2.24) is 10.3 Å². The first-order chi connectivity index (χ1) is 13.5. The largest absolute Gasteiger partial charge is 0.489 e. The Morgan fingerprint density at radius 3 is 2.28 bits per heavy atom. The summed E-state index contributed by atoms with van der Waals surface area (Å²) < 4.78 is 72.5. The summed E-state index contributed by atoms with van der Waals surface area (Å²) in [6, 6.07) is 7.00. The van der Waals surface area contributed by atoms with Crippen LogP contribution in [0.4, 0.5) is 13.2 Å². The molecule has 1 aliphatic carbocycles. The van der Waals surface area contributed by atoms with E-state index in [4.69, 9.17) is 9.29 Å². The van der Waals surface area contributed by atoms with Gasteiger partial charge in [-0.1, -0.05) is 17.7 Å². The van der Waals surface area contributed by atoms with Gasteiger partial charge in [0.1, 0.15) is 11.9 Å². The summed E-state index contributed by atoms with van der Waals surface area (Å²) >= 11 is 0. The number of nitrogens with zero attached hydrogens (tertiary/aromatic N) is 1. The van der Waals surface area contributed by atoms with E-state index in [1.807, 2.05) is 6.92 Å². The first kappa shape index (κ1) is 21.5. The molecule has 0 atom stereocenters. The van der Waals surface area contributed by atoms with E-state index in [1.54, 1.807) is 12.1 Å². The predicted octanol–water partition coefficient (Wildman–Crippen LogP) is 3.47. The highest BCUT2D eigenvalue weighted by molar-refractivity contribution is 7.85. The Morgan fingerprint density at radius 2 is 1.79 bits per heavy atom. The fourth-order valence-electron chi connectivity index (χ4n) is 3.30. The van der Waals surface area contributed by atoms with Crippen LogP contribution in [0.15, 0.2) is 47.6 Å². The number of halogens is 3. The smallest absolute Gasteiger partial charge is 0.418 e. The van der Waals surface area contributed by atoms with E-state index in [-0.39, 0.29) is 16.7 Å². The molecule has 1 spiro atoms. The van der Waals surface area contributed by atoms with Gasteiger partial charge in [0.2, 0.25) is 0 Å². The van der Waals surface area contributed by atoms with E-state index >= 15 is 0 Å². The molecule has 2 heterocycles. The van der Waals surface area contributed by atoms with Crippen molar-refractivity contribution in [3.8, 4) is 5.75 Å². The van der Waals surface area contributed by atoms with Gasteiger partial charge in [-0.3, -0.25) is 9.54 Å². The van der Waals surface area contributed by atoms with Crippen molar-refractivity contribution in [3.05, 3.63) is 53.9 Å². The van der Waals surface area contributed by atoms with Crippen LogP contribution in [-0.4, -0.2) is 37.1 Å². The summed E-state index contributed by atoms with van der Waals surface area (Å²) in [6.45, 7) is 3.83. The van der Waals surface area contributed by atoms with E-state index in [0.29, 0.717) is 5.41 Å². The number of nitrogens with one attached hydrogen (secondary N) is 1. The van der Waals surface area contributed by atoms with Crippen LogP contribution in [0.2, 0.25) is 0 Å². The second kappa shape index (κ2) is 7.92. The van der Waals surface area contributed by atoms with Crippen LogP contribution in [0.25, 0.3) is 0 Å². The Labute approximate surface area is 166 Å². The van der Waals surface area contributed by atoms with Crippen LogP contribution in [-0.2, 0) is 16.3 Å². The average molecular weight is 430 g/mol. The fraction of sp³-hybridized carbons (Fsp3) is 0.421. The minimum atomic E-state index is -4.37. The van der Waals surface area contributed by atoms with E-state index in [9.17, 15) is 21.6 Å². The maximum Gasteiger partial charge on any atom is 0.418 e. The monoisotopic (exact) mass is 430 g/mol. The van der Waals surface area contributed by atoms with Crippen molar-refractivity contribution in [2.24, 2.45) is 5.41 Å². The highest BCUT2D eigenvalue weighted by Crippen LogP contribution is 2.46. The number of aromatic nitrogens is 1. The zero-order chi connectivity index (χ0) is 21.3. The van der Waals surface area contributed by atoms with E-state index in [1.165, 1.54) is 18.3 Å². The summed E-state index contributed by atoms with van der Waals surface area (Å²) in [7, 11) is -4.02. The molecule has 2 fully saturated rings. The summed E-state index contributed by atoms with van der Waals surface area (Å²) in [4.78, 5) is 3.51. The first-order valence-electron chi connectivity index (χ1n) is 8.91. The Kier molecular flexibility index (Phi) is 5.88. The van der Waals surface area contributed by atoms with E-state index in [0.717, 1.165) is 43.8 Å². The molecule has 29 heavy (non-hydrogen) atoms. The van der Waals surface area contributed by atoms with Gasteiger partial charge in [-0.15, -0.1) is 0 Å². The lowest BCUT2D eigenvalue weighted by atomic mass is 9.63. The quantitative estimate of drug-likeness (QED) is 0.725. The van der Waals surface area contributed by atoms with Gasteiger partial charge in [-0.25, -0.2) is 0 Å². The van der Waals surface area contributed by atoms with Crippen LogP contribution in [0.5, 0.6) is 5.75 Å². The van der Waals surface area contributed by atoms with Gasteiger partial charge >= 0.3 is 6.18 Å². The number of pyridine rings is 1. The molecule has 2 aliphatic rings. The molecule has 158 valence electrons. The van der Waals surface area contributed by atoms with Crippen molar-refractivity contribution in [2.75, 3.05) is 13.1 Å². The Hall–Kier alpha value is -2.17. The molecule has 0 bridgehead atoms. The third-order valence-corrected chi connectivity index (χ3v) is 5.85. The molecule has 0 unspecified atom stereocenters. The van der Waals surface area contributed by atoms with E-state index < -0.39 is 21.9 Å². The fourth-order valence-corrected chi connectivity index (χ4v) is 3.78. The summed E-state index contributed by atoms with van der Waals surface area (Å²) in [5.74, 6) is 0.206. The van der Waals surface area contributed by atoms with Gasteiger partial charge in [0.05, 0.1) is 16.7 Å². The zero-order valence-corrected chi connectivity index (χ0v) is 16.4. The van der Waals surface area contributed by atoms with Gasteiger partial charge in [0.25, 0.3) is 10.1 Å². The molecule has 1 aromatic heterocycles. The van der Waals surface area contributed by atoms with Crippen LogP contribution >= 0.6 is 0 Å². The van der Waals surface area contributed by atoms with Crippen LogP contribution in [0.3, 0.4) is 0 Å². The highest BCUT2D eigenvalue weighted by atomic mass is 32.2. The third-order valence-electron chi connectivity index (χ3n) is 4.98. The molecule has 1 saturated heterocycles. The van der Waals surface area contributed by atoms with Gasteiger partial charge in [-0.2, -0.15) is 21.6 Å². The lowest BCUT2D eigenvalue weighted by Crippen LogP contribution is -2.62. The number of ether oxygens (including phenoxy) is 1. The van der Waals surface area contributed by atoms with Crippen molar-refractivity contribution in [1.29, 1.82) is 0 Å². The molecule has 1 aliphatic heterocycles. The number of alkyl halides is 3. The number of rotatable bonds is 3. The highest BCUT2D eigenvalue weighted by Gasteiger charge is 2.49. The molecule has 0 amide bonds. The van der Waals surface area contributed by atoms with Crippen molar-refractivity contribution in [2.45, 2.75) is 36.9 Å². The molecule has 10 heteroatoms. The van der Waals surface area contributed by atoms with Crippen molar-refractivity contribution < 1.29 is 30.9 Å². The molecule has 4 rings (SSSR count). The molecule has 0 radical (unpaired) electrons. The van der Waals surface area contributed by atoms with Crippen LogP contribution in [0.1, 0.15) is 24.0 Å². The van der Waals surface area contributed by atoms with Crippen LogP contribution < -0.4 is 10.1 Å². The van der Waals surface area contributed by atoms with Gasteiger partial charge in [0, 0.05) is 24.7 Å². The van der Waals surface area contributed by atoms with Crippen LogP contribution in [0, 0.1) is 12.3 Å². The lowest BCUT2D eigenvalue weighted by Gasteiger charge is -2.53. The summed E-state index contributed by atoms with van der Waals surface area (Å²) in [5, 5.41) is 3.20. The molecular formula is C19H21F3N2O4S. The van der Waals surface area contributed by atoms with Gasteiger partial charge in [0.15, 0.2) is 0 Å². The zero-order valence-electron chi connectivity index (χ0n) is 15.6. The number of aryl methyl sites for hydroxylation is 1. The summed E-state index contributed by atoms with van der Waals surface area (Å²) in [6.07, 6.45) is -0.376. The number of hydrogen-bond donors (Lipinski definition) is 2. The molecule has 2 N–H and O–H groups in total. The third kappa shape index (κ3) is 5.46. The minimum Gasteiger partial charge on any atom is -0.489 e. The van der Waals surface area contributed by atoms with Crippen molar-refractivity contribution >= 4 is 10.1 Å². The second-order valence-corrected chi connectivity index (χ2v) is 8.87. The Balaban J connectivity index is 0.000000188. The SMILES string of the molecule is Cc1ccc(S(=O)(=O)O)cc1.FC(F)(F)c1cncc(OC2CC3(CNC3)C2)c1. The molecular weight excluding hydrogens is 409 g/mol. The number of benzene rings is 1. The van der Waals surface area contributed by atoms with Crippen molar-refractivity contribution in [3.63, 3.8) is 0 Å². The topological polar surface area (TPSA) is 88.5 Å². The summed E-state index contributed by atoms with van der Waals surface area (Å²) in [5.41, 5.74) is 0.538. The van der Waals surface area contributed by atoms with Gasteiger partial charge < -0.3 is 10.1 Å². The molecule has 6 nitrogen and oxygen atoms in total. The first-order valence-corrected chi connectivity index (χ1v) is 10.3. The molecule has 1 saturated carbocycles. The Morgan fingerprint density at radius 1 is 1.17 bits per heavy atom. The standard InChI is InChI=1S/C12H13F3N2O.C7H8O3S/c13-12(14,15)8-1-9(5-16-4-8)18-10-2-11(3-10)6-17-7-11;1-6-2-4-7(5-3-6)11(8,9)10/h1,4-5,10,17H,2-3,6-7H2;2-5H,1H3,(H,8,9,10). The van der Waals surface area contributed by atoms with E-state index in [2.05, 4.69) is 10.3 Å². The maximum atomic E-state index is 12.5. The maximum absolute atomic E-state index is 12.5. The average Bonchev–Trinajstić information content (AvgIpc) is 2.56. The lowest BCUT2D eigenvalue weighted by molar-refractivity contribution is -0.138. The second-order valence-electron chi connectivity index (χ2n) is 7.45. The molecule has 1 aromatic carbocycles. The predicted molar refractivity (Wildman–Crippen MR) is 99.2 cm³/mol. The minimum absolute atomic E-state index is 0.0254. The Bertz CT molecular complexity index is 950.